The minimum Gasteiger partial charge on any atom is -0.400 e. The highest BCUT2D eigenvalue weighted by atomic mass is 19.1. The van der Waals surface area contributed by atoms with Gasteiger partial charge >= 0.3 is 0 Å². The van der Waals surface area contributed by atoms with Gasteiger partial charge in [-0.05, 0) is 42.5 Å². The monoisotopic (exact) mass is 383 g/mol. The first-order valence-corrected chi connectivity index (χ1v) is 9.27. The second kappa shape index (κ2) is 9.42. The van der Waals surface area contributed by atoms with E-state index in [1.165, 1.54) is 12.1 Å². The lowest BCUT2D eigenvalue weighted by Gasteiger charge is -2.22. The highest BCUT2D eigenvalue weighted by molar-refractivity contribution is 5.98. The average Bonchev–Trinajstić information content (AvgIpc) is 2.71. The van der Waals surface area contributed by atoms with Crippen molar-refractivity contribution in [3.8, 4) is 11.1 Å². The van der Waals surface area contributed by atoms with Gasteiger partial charge < -0.3 is 14.5 Å². The van der Waals surface area contributed by atoms with Gasteiger partial charge in [-0.3, -0.25) is 4.79 Å². The van der Waals surface area contributed by atoms with Crippen LogP contribution in [0.25, 0.3) is 21.9 Å². The third-order valence-corrected chi connectivity index (χ3v) is 4.85. The zero-order chi connectivity index (χ0) is 20.8. The summed E-state index contributed by atoms with van der Waals surface area (Å²) in [4.78, 5) is 24.7. The molecular formula is C23H26FNO3. The standard InChI is InChI=1S/C22H22FNO2.CH4O/c1-4-5-16(13-25)21-20(15-7-9-17(23)10-8-15)19-12-14(2)6-11-18(19)22(26)24(21)3;1-2/h6-13,16H,4-5H2,1-3H3;2H,1H3. The molecule has 0 amide bonds. The number of aryl methyl sites for hydroxylation is 1. The molecule has 0 radical (unpaired) electrons. The average molecular weight is 383 g/mol. The lowest BCUT2D eigenvalue weighted by atomic mass is 9.89. The predicted molar refractivity (Wildman–Crippen MR) is 111 cm³/mol. The van der Waals surface area contributed by atoms with E-state index in [0.29, 0.717) is 17.5 Å². The van der Waals surface area contributed by atoms with E-state index in [1.54, 1.807) is 23.7 Å². The van der Waals surface area contributed by atoms with E-state index in [9.17, 15) is 14.0 Å². The van der Waals surface area contributed by atoms with Crippen LogP contribution in [0, 0.1) is 12.7 Å². The molecule has 0 aliphatic rings. The molecule has 0 fully saturated rings. The largest absolute Gasteiger partial charge is 0.400 e. The summed E-state index contributed by atoms with van der Waals surface area (Å²) < 4.78 is 15.0. The number of aromatic nitrogens is 1. The summed E-state index contributed by atoms with van der Waals surface area (Å²) in [5.41, 5.74) is 3.23. The Morgan fingerprint density at radius 1 is 1.11 bits per heavy atom. The number of carbonyl (C=O) groups excluding carboxylic acids is 1. The van der Waals surface area contributed by atoms with Crippen LogP contribution in [0.1, 0.15) is 36.9 Å². The lowest BCUT2D eigenvalue weighted by molar-refractivity contribution is -0.109. The molecule has 1 atom stereocenters. The second-order valence-corrected chi connectivity index (χ2v) is 6.71. The Balaban J connectivity index is 0.00000136. The number of pyridine rings is 1. The number of nitrogens with zero attached hydrogens (tertiary/aromatic N) is 1. The third-order valence-electron chi connectivity index (χ3n) is 4.85. The Bertz CT molecular complexity index is 1020. The SMILES string of the molecule is CCCC(C=O)c1c(-c2ccc(F)cc2)c2cc(C)ccc2c(=O)n1C.CO. The summed E-state index contributed by atoms with van der Waals surface area (Å²) >= 11 is 0. The van der Waals surface area contributed by atoms with E-state index in [2.05, 4.69) is 0 Å². The Morgan fingerprint density at radius 2 is 1.75 bits per heavy atom. The quantitative estimate of drug-likeness (QED) is 0.667. The fraction of sp³-hybridized carbons (Fsp3) is 0.304. The maximum absolute atomic E-state index is 13.5. The van der Waals surface area contributed by atoms with Crippen LogP contribution in [-0.2, 0) is 11.8 Å². The zero-order valence-corrected chi connectivity index (χ0v) is 16.7. The normalized spacial score (nSPS) is 11.6. The predicted octanol–water partition coefficient (Wildman–Crippen LogP) is 4.34. The highest BCUT2D eigenvalue weighted by Gasteiger charge is 2.22. The van der Waals surface area contributed by atoms with Gasteiger partial charge in [0.25, 0.3) is 5.56 Å². The molecule has 0 saturated carbocycles. The summed E-state index contributed by atoms with van der Waals surface area (Å²) in [5.74, 6) is -0.705. The van der Waals surface area contributed by atoms with Crippen LogP contribution in [0.3, 0.4) is 0 Å². The van der Waals surface area contributed by atoms with Crippen molar-refractivity contribution in [3.63, 3.8) is 0 Å². The number of aliphatic hydroxyl groups is 1. The molecule has 1 heterocycles. The Hall–Kier alpha value is -2.79. The molecule has 0 saturated heterocycles. The fourth-order valence-electron chi connectivity index (χ4n) is 3.58. The number of aldehydes is 1. The number of fused-ring (bicyclic) bond motifs is 1. The maximum Gasteiger partial charge on any atom is 0.258 e. The van der Waals surface area contributed by atoms with E-state index in [4.69, 9.17) is 5.11 Å². The number of hydrogen-bond donors (Lipinski definition) is 1. The number of hydrogen-bond acceptors (Lipinski definition) is 3. The van der Waals surface area contributed by atoms with E-state index in [-0.39, 0.29) is 17.3 Å². The first-order chi connectivity index (χ1) is 13.5. The molecule has 148 valence electrons. The van der Waals surface area contributed by atoms with E-state index in [1.807, 2.05) is 32.0 Å². The summed E-state index contributed by atoms with van der Waals surface area (Å²) in [5, 5.41) is 8.40. The van der Waals surface area contributed by atoms with Gasteiger partial charge in [0.1, 0.15) is 12.1 Å². The molecule has 0 aliphatic heterocycles. The molecule has 1 unspecified atom stereocenters. The van der Waals surface area contributed by atoms with E-state index >= 15 is 0 Å². The van der Waals surface area contributed by atoms with Crippen molar-refractivity contribution < 1.29 is 14.3 Å². The minimum absolute atomic E-state index is 0.121. The van der Waals surface area contributed by atoms with Crippen LogP contribution in [-0.4, -0.2) is 23.1 Å². The number of carbonyl (C=O) groups is 1. The van der Waals surface area contributed by atoms with Crippen molar-refractivity contribution in [1.82, 2.24) is 4.57 Å². The summed E-state index contributed by atoms with van der Waals surface area (Å²) in [6.07, 6.45) is 2.39. The lowest BCUT2D eigenvalue weighted by Crippen LogP contribution is -2.24. The van der Waals surface area contributed by atoms with Crippen molar-refractivity contribution in [2.45, 2.75) is 32.6 Å². The van der Waals surface area contributed by atoms with Gasteiger partial charge in [0, 0.05) is 30.8 Å². The smallest absolute Gasteiger partial charge is 0.258 e. The number of aliphatic hydroxyl groups excluding tert-OH is 1. The van der Waals surface area contributed by atoms with E-state index in [0.717, 1.165) is 41.9 Å². The molecule has 0 bridgehead atoms. The summed E-state index contributed by atoms with van der Waals surface area (Å²) in [7, 11) is 2.70. The molecule has 28 heavy (non-hydrogen) atoms. The minimum atomic E-state index is -0.386. The molecule has 5 heteroatoms. The highest BCUT2D eigenvalue weighted by Crippen LogP contribution is 2.35. The fourth-order valence-corrected chi connectivity index (χ4v) is 3.58. The number of benzene rings is 2. The number of rotatable bonds is 5. The van der Waals surface area contributed by atoms with Gasteiger partial charge in [0.15, 0.2) is 0 Å². The Morgan fingerprint density at radius 3 is 2.32 bits per heavy atom. The van der Waals surface area contributed by atoms with Crippen LogP contribution in [0.4, 0.5) is 4.39 Å². The van der Waals surface area contributed by atoms with Crippen molar-refractivity contribution >= 4 is 17.1 Å². The van der Waals surface area contributed by atoms with Gasteiger partial charge in [-0.2, -0.15) is 0 Å². The maximum atomic E-state index is 13.5. The van der Waals surface area contributed by atoms with Crippen molar-refractivity contribution in [1.29, 1.82) is 0 Å². The molecule has 1 N–H and O–H groups in total. The first-order valence-electron chi connectivity index (χ1n) is 9.27. The molecule has 3 aromatic rings. The molecule has 2 aromatic carbocycles. The molecule has 1 aromatic heterocycles. The van der Waals surface area contributed by atoms with Crippen molar-refractivity contribution in [3.05, 3.63) is 69.9 Å². The molecule has 4 nitrogen and oxygen atoms in total. The second-order valence-electron chi connectivity index (χ2n) is 6.71. The van der Waals surface area contributed by atoms with Crippen molar-refractivity contribution in [2.75, 3.05) is 7.11 Å². The van der Waals surface area contributed by atoms with Crippen molar-refractivity contribution in [2.24, 2.45) is 7.05 Å². The summed E-state index contributed by atoms with van der Waals surface area (Å²) in [6, 6.07) is 11.9. The zero-order valence-electron chi connectivity index (χ0n) is 16.7. The van der Waals surface area contributed by atoms with Crippen LogP contribution in [0.15, 0.2) is 47.3 Å². The van der Waals surface area contributed by atoms with Gasteiger partial charge in [0.05, 0.1) is 5.92 Å². The first kappa shape index (κ1) is 21.5. The van der Waals surface area contributed by atoms with Crippen LogP contribution >= 0.6 is 0 Å². The van der Waals surface area contributed by atoms with Gasteiger partial charge in [0.2, 0.25) is 0 Å². The van der Waals surface area contributed by atoms with Crippen LogP contribution in [0.5, 0.6) is 0 Å². The van der Waals surface area contributed by atoms with Crippen LogP contribution in [0.2, 0.25) is 0 Å². The van der Waals surface area contributed by atoms with Gasteiger partial charge in [-0.25, -0.2) is 4.39 Å². The molecule has 0 spiro atoms. The molecule has 0 aliphatic carbocycles. The number of halogens is 1. The van der Waals surface area contributed by atoms with Crippen LogP contribution < -0.4 is 5.56 Å². The Kier molecular flexibility index (Phi) is 7.24. The van der Waals surface area contributed by atoms with E-state index < -0.39 is 0 Å². The Labute approximate surface area is 164 Å². The summed E-state index contributed by atoms with van der Waals surface area (Å²) in [6.45, 7) is 3.98. The topological polar surface area (TPSA) is 59.3 Å². The van der Waals surface area contributed by atoms with Gasteiger partial charge in [-0.15, -0.1) is 0 Å². The van der Waals surface area contributed by atoms with Gasteiger partial charge in [-0.1, -0.05) is 43.2 Å². The molecule has 3 rings (SSSR count). The third kappa shape index (κ3) is 4.04. The molecular weight excluding hydrogens is 357 g/mol.